The van der Waals surface area contributed by atoms with Gasteiger partial charge in [-0.05, 0) is 82.9 Å². The van der Waals surface area contributed by atoms with Crippen LogP contribution in [0, 0.1) is 16.7 Å². The molecule has 6 atom stereocenters. The number of likely N-dealkylation sites (tertiary alicyclic amines) is 1. The highest BCUT2D eigenvalue weighted by atomic mass is 16.7. The van der Waals surface area contributed by atoms with Crippen molar-refractivity contribution < 1.29 is 24.2 Å². The fourth-order valence-corrected chi connectivity index (χ4v) is 9.22. The third kappa shape index (κ3) is 9.70. The monoisotopic (exact) mass is 709 g/mol. The largest absolute Gasteiger partial charge is 0.392 e. The SMILES string of the molecule is CC(=O)NCCCCCC(=O)NCc1cccc(-c2cccc(C3OC(CN4CC5(C)CC4CC(C)(C)C5)C(C)C(c4ccc(CO)cc4)O3)c2)c1. The normalized spacial score (nSPS) is 26.9. The molecule has 3 fully saturated rings. The highest BCUT2D eigenvalue weighted by molar-refractivity contribution is 5.76. The number of benzene rings is 3. The number of hydrogen-bond acceptors (Lipinski definition) is 6. The molecule has 52 heavy (non-hydrogen) atoms. The van der Waals surface area contributed by atoms with Gasteiger partial charge in [0.1, 0.15) is 0 Å². The molecule has 2 saturated heterocycles. The first-order chi connectivity index (χ1) is 24.9. The van der Waals surface area contributed by atoms with Crippen LogP contribution in [-0.2, 0) is 32.2 Å². The van der Waals surface area contributed by atoms with Gasteiger partial charge < -0.3 is 25.2 Å². The number of hydrogen-bond donors (Lipinski definition) is 3. The number of aliphatic hydroxyl groups is 1. The molecule has 0 radical (unpaired) electrons. The molecule has 6 unspecified atom stereocenters. The fraction of sp³-hybridized carbons (Fsp3) is 0.545. The van der Waals surface area contributed by atoms with Gasteiger partial charge in [-0.3, -0.25) is 14.5 Å². The third-order valence-corrected chi connectivity index (χ3v) is 11.4. The van der Waals surface area contributed by atoms with Crippen molar-refractivity contribution in [2.24, 2.45) is 16.7 Å². The summed E-state index contributed by atoms with van der Waals surface area (Å²) in [5, 5.41) is 15.6. The molecular formula is C44H59N3O5. The van der Waals surface area contributed by atoms with Crippen LogP contribution in [0.2, 0.25) is 0 Å². The van der Waals surface area contributed by atoms with E-state index in [1.165, 1.54) is 26.2 Å². The summed E-state index contributed by atoms with van der Waals surface area (Å²) in [6.45, 7) is 14.2. The summed E-state index contributed by atoms with van der Waals surface area (Å²) in [6, 6.07) is 25.5. The van der Waals surface area contributed by atoms with Crippen molar-refractivity contribution in [2.45, 2.75) is 117 Å². The molecule has 8 nitrogen and oxygen atoms in total. The maximum Gasteiger partial charge on any atom is 0.220 e. The maximum absolute atomic E-state index is 12.5. The third-order valence-electron chi connectivity index (χ3n) is 11.4. The summed E-state index contributed by atoms with van der Waals surface area (Å²) < 4.78 is 13.8. The zero-order chi connectivity index (χ0) is 36.9. The number of carbonyl (C=O) groups is 2. The Bertz CT molecular complexity index is 1670. The minimum Gasteiger partial charge on any atom is -0.392 e. The van der Waals surface area contributed by atoms with Crippen LogP contribution in [0.15, 0.2) is 72.8 Å². The Labute approximate surface area is 310 Å². The van der Waals surface area contributed by atoms with Crippen molar-refractivity contribution in [3.63, 3.8) is 0 Å². The zero-order valence-corrected chi connectivity index (χ0v) is 31.8. The average Bonchev–Trinajstić information content (AvgIpc) is 3.36. The van der Waals surface area contributed by atoms with Gasteiger partial charge in [0.15, 0.2) is 6.29 Å². The smallest absolute Gasteiger partial charge is 0.220 e. The summed E-state index contributed by atoms with van der Waals surface area (Å²) in [6.07, 6.45) is 6.11. The van der Waals surface area contributed by atoms with E-state index in [1.807, 2.05) is 24.3 Å². The first kappa shape index (κ1) is 38.2. The number of rotatable bonds is 14. The predicted octanol–water partition coefficient (Wildman–Crippen LogP) is 7.85. The van der Waals surface area contributed by atoms with Crippen molar-refractivity contribution in [1.29, 1.82) is 0 Å². The number of nitrogens with zero attached hydrogens (tertiary/aromatic N) is 1. The summed E-state index contributed by atoms with van der Waals surface area (Å²) in [4.78, 5) is 26.3. The van der Waals surface area contributed by atoms with E-state index in [9.17, 15) is 14.7 Å². The topological polar surface area (TPSA) is 100 Å². The molecule has 280 valence electrons. The Balaban J connectivity index is 1.15. The second kappa shape index (κ2) is 16.6. The molecule has 2 heterocycles. The van der Waals surface area contributed by atoms with E-state index in [4.69, 9.17) is 9.47 Å². The van der Waals surface area contributed by atoms with Gasteiger partial charge in [-0.25, -0.2) is 0 Å². The van der Waals surface area contributed by atoms with Crippen LogP contribution >= 0.6 is 0 Å². The Kier molecular flexibility index (Phi) is 12.2. The fourth-order valence-electron chi connectivity index (χ4n) is 9.22. The van der Waals surface area contributed by atoms with Crippen molar-refractivity contribution in [3.05, 3.63) is 95.1 Å². The molecular weight excluding hydrogens is 651 g/mol. The Morgan fingerprint density at radius 2 is 1.62 bits per heavy atom. The zero-order valence-electron chi connectivity index (χ0n) is 31.8. The first-order valence-corrected chi connectivity index (χ1v) is 19.4. The lowest BCUT2D eigenvalue weighted by Crippen LogP contribution is -2.46. The molecule has 2 bridgehead atoms. The van der Waals surface area contributed by atoms with Crippen LogP contribution in [0.4, 0.5) is 0 Å². The lowest BCUT2D eigenvalue weighted by Gasteiger charge is -2.43. The maximum atomic E-state index is 12.5. The summed E-state index contributed by atoms with van der Waals surface area (Å²) in [7, 11) is 0. The van der Waals surface area contributed by atoms with Gasteiger partial charge in [0, 0.05) is 57.0 Å². The molecule has 3 aromatic rings. The molecule has 1 aliphatic carbocycles. The van der Waals surface area contributed by atoms with Crippen LogP contribution in [0.3, 0.4) is 0 Å². The highest BCUT2D eigenvalue weighted by Crippen LogP contribution is 2.53. The van der Waals surface area contributed by atoms with E-state index < -0.39 is 6.29 Å². The van der Waals surface area contributed by atoms with Gasteiger partial charge in [-0.1, -0.05) is 94.8 Å². The van der Waals surface area contributed by atoms with Gasteiger partial charge in [-0.15, -0.1) is 0 Å². The second-order valence-corrected chi connectivity index (χ2v) is 16.9. The van der Waals surface area contributed by atoms with E-state index in [2.05, 4.69) is 91.8 Å². The molecule has 0 aromatic heterocycles. The standard InChI is InChI=1S/C44H59N3O5/c1-30-39(26-47-29-44(5)24-38(47)23-43(3,4)28-44)51-42(52-41(30)34-18-16-32(27-48)17-19-34)37-14-10-13-36(22-37)35-12-9-11-33(21-35)25-46-40(50)15-7-6-8-20-45-31(2)49/h9-14,16-19,21-22,30,38-39,41-42,48H,6-8,15,20,23-29H2,1-5H3,(H,45,49)(H,46,50). The number of nitrogens with one attached hydrogen (secondary N) is 2. The summed E-state index contributed by atoms with van der Waals surface area (Å²) >= 11 is 0. The summed E-state index contributed by atoms with van der Waals surface area (Å²) in [5.74, 6) is 0.156. The predicted molar refractivity (Wildman–Crippen MR) is 205 cm³/mol. The molecule has 3 N–H and O–H groups in total. The van der Waals surface area contributed by atoms with Gasteiger partial charge in [0.05, 0.1) is 18.8 Å². The van der Waals surface area contributed by atoms with Gasteiger partial charge in [-0.2, -0.15) is 0 Å². The van der Waals surface area contributed by atoms with E-state index in [0.717, 1.165) is 65.7 Å². The van der Waals surface area contributed by atoms with Crippen molar-refractivity contribution in [1.82, 2.24) is 15.5 Å². The minimum atomic E-state index is -0.529. The number of amides is 2. The minimum absolute atomic E-state index is 0.0138. The quantitative estimate of drug-likeness (QED) is 0.148. The summed E-state index contributed by atoms with van der Waals surface area (Å²) in [5.41, 5.74) is 6.86. The molecule has 8 heteroatoms. The molecule has 2 amide bonds. The van der Waals surface area contributed by atoms with E-state index >= 15 is 0 Å². The number of unbranched alkanes of at least 4 members (excludes halogenated alkanes) is 2. The molecule has 6 rings (SSSR count). The van der Waals surface area contributed by atoms with E-state index in [0.29, 0.717) is 36.4 Å². The highest BCUT2D eigenvalue weighted by Gasteiger charge is 2.51. The van der Waals surface area contributed by atoms with Gasteiger partial charge in [0.2, 0.25) is 11.8 Å². The Hall–Kier alpha value is -3.56. The molecule has 0 spiro atoms. The lowest BCUT2D eigenvalue weighted by atomic mass is 9.65. The second-order valence-electron chi connectivity index (χ2n) is 16.9. The number of fused-ring (bicyclic) bond motifs is 2. The first-order valence-electron chi connectivity index (χ1n) is 19.4. The van der Waals surface area contributed by atoms with Gasteiger partial charge >= 0.3 is 0 Å². The molecule has 3 aromatic carbocycles. The van der Waals surface area contributed by atoms with Crippen LogP contribution in [0.25, 0.3) is 11.1 Å². The van der Waals surface area contributed by atoms with Crippen LogP contribution in [0.5, 0.6) is 0 Å². The molecule has 1 saturated carbocycles. The molecule has 3 aliphatic rings. The van der Waals surface area contributed by atoms with Crippen molar-refractivity contribution in [2.75, 3.05) is 19.6 Å². The van der Waals surface area contributed by atoms with E-state index in [-0.39, 0.29) is 36.5 Å². The number of carbonyl (C=O) groups excluding carboxylic acids is 2. The van der Waals surface area contributed by atoms with E-state index in [1.54, 1.807) is 0 Å². The van der Waals surface area contributed by atoms with Crippen molar-refractivity contribution >= 4 is 11.8 Å². The van der Waals surface area contributed by atoms with Crippen LogP contribution < -0.4 is 10.6 Å². The number of aliphatic hydroxyl groups excluding tert-OH is 1. The number of ether oxygens (including phenoxy) is 2. The van der Waals surface area contributed by atoms with Crippen LogP contribution in [-0.4, -0.2) is 53.6 Å². The Morgan fingerprint density at radius 1 is 0.865 bits per heavy atom. The van der Waals surface area contributed by atoms with Crippen molar-refractivity contribution in [3.8, 4) is 11.1 Å². The average molecular weight is 710 g/mol. The van der Waals surface area contributed by atoms with Crippen LogP contribution in [0.1, 0.15) is 114 Å². The molecule has 2 aliphatic heterocycles. The van der Waals surface area contributed by atoms with Gasteiger partial charge in [0.25, 0.3) is 0 Å². The Morgan fingerprint density at radius 3 is 2.37 bits per heavy atom. The lowest BCUT2D eigenvalue weighted by molar-refractivity contribution is -0.276.